The first-order valence-electron chi connectivity index (χ1n) is 6.33. The molecule has 4 nitrogen and oxygen atoms in total. The van der Waals surface area contributed by atoms with E-state index in [2.05, 4.69) is 56.5 Å². The molecule has 0 aliphatic carbocycles. The van der Waals surface area contributed by atoms with E-state index in [-0.39, 0.29) is 5.70 Å². The van der Waals surface area contributed by atoms with Gasteiger partial charge in [0.2, 0.25) is 8.32 Å². The Kier molecular flexibility index (Phi) is 4.75. The summed E-state index contributed by atoms with van der Waals surface area (Å²) in [6.07, 6.45) is 1.68. The first kappa shape index (κ1) is 16.4. The molecule has 1 heterocycles. The Morgan fingerprint density at radius 1 is 1.29 bits per heavy atom. The maximum Gasteiger partial charge on any atom is 0.363 e. The summed E-state index contributed by atoms with van der Waals surface area (Å²) in [5.41, 5.74) is 1.06. The lowest BCUT2D eigenvalue weighted by Gasteiger charge is -2.22. The lowest BCUT2D eigenvalue weighted by molar-refractivity contribution is -0.130. The SMILES string of the molecule is CC1=N/C(=C\c2cc(Br)cc(Br)c2O[Si](C)(C)C)C(=O)O1. The van der Waals surface area contributed by atoms with Gasteiger partial charge >= 0.3 is 5.97 Å². The third-order valence-electron chi connectivity index (χ3n) is 2.47. The van der Waals surface area contributed by atoms with Gasteiger partial charge in [0.25, 0.3) is 0 Å². The third-order valence-corrected chi connectivity index (χ3v) is 4.33. The van der Waals surface area contributed by atoms with E-state index in [4.69, 9.17) is 9.16 Å². The topological polar surface area (TPSA) is 47.9 Å². The van der Waals surface area contributed by atoms with Crippen molar-refractivity contribution in [2.75, 3.05) is 0 Å². The van der Waals surface area contributed by atoms with E-state index in [1.807, 2.05) is 12.1 Å². The van der Waals surface area contributed by atoms with Gasteiger partial charge in [-0.25, -0.2) is 9.79 Å². The van der Waals surface area contributed by atoms with E-state index in [0.29, 0.717) is 5.90 Å². The van der Waals surface area contributed by atoms with Crippen LogP contribution in [-0.2, 0) is 9.53 Å². The Morgan fingerprint density at radius 3 is 2.48 bits per heavy atom. The molecule has 0 bridgehead atoms. The Labute approximate surface area is 141 Å². The van der Waals surface area contributed by atoms with Crippen LogP contribution in [0.2, 0.25) is 19.6 Å². The molecule has 0 saturated carbocycles. The molecule has 0 atom stereocenters. The smallest absolute Gasteiger partial charge is 0.363 e. The van der Waals surface area contributed by atoms with Crippen molar-refractivity contribution in [2.24, 2.45) is 4.99 Å². The van der Waals surface area contributed by atoms with Crippen molar-refractivity contribution in [2.45, 2.75) is 26.6 Å². The Hall–Kier alpha value is -0.923. The van der Waals surface area contributed by atoms with Gasteiger partial charge in [-0.1, -0.05) is 15.9 Å². The zero-order chi connectivity index (χ0) is 15.8. The quantitative estimate of drug-likeness (QED) is 0.393. The van der Waals surface area contributed by atoms with Gasteiger partial charge < -0.3 is 9.16 Å². The van der Waals surface area contributed by atoms with Gasteiger partial charge in [0, 0.05) is 17.0 Å². The van der Waals surface area contributed by atoms with Crippen LogP contribution in [0.25, 0.3) is 6.08 Å². The van der Waals surface area contributed by atoms with Crippen molar-refractivity contribution in [3.05, 3.63) is 32.3 Å². The summed E-state index contributed by atoms with van der Waals surface area (Å²) in [5.74, 6) is 0.632. The molecule has 2 rings (SSSR count). The Morgan fingerprint density at radius 2 is 1.95 bits per heavy atom. The minimum Gasteiger partial charge on any atom is -0.543 e. The van der Waals surface area contributed by atoms with Gasteiger partial charge in [0.1, 0.15) is 5.75 Å². The molecule has 0 unspecified atom stereocenters. The number of carbonyl (C=O) groups excluding carboxylic acids is 1. The molecule has 1 aromatic carbocycles. The van der Waals surface area contributed by atoms with Gasteiger partial charge in [-0.05, 0) is 53.8 Å². The number of benzene rings is 1. The highest BCUT2D eigenvalue weighted by Gasteiger charge is 2.23. The van der Waals surface area contributed by atoms with E-state index < -0.39 is 14.3 Å². The number of carbonyl (C=O) groups is 1. The van der Waals surface area contributed by atoms with Crippen LogP contribution in [0.5, 0.6) is 5.75 Å². The number of hydrogen-bond acceptors (Lipinski definition) is 4. The van der Waals surface area contributed by atoms with E-state index in [9.17, 15) is 4.79 Å². The number of aliphatic imine (C=N–C) groups is 1. The summed E-state index contributed by atoms with van der Waals surface area (Å²) in [6, 6.07) is 3.81. The third kappa shape index (κ3) is 4.27. The average Bonchev–Trinajstić information content (AvgIpc) is 2.61. The molecule has 0 amide bonds. The number of hydrogen-bond donors (Lipinski definition) is 0. The summed E-state index contributed by atoms with van der Waals surface area (Å²) >= 11 is 6.96. The van der Waals surface area contributed by atoms with Crippen molar-refractivity contribution in [3.8, 4) is 5.75 Å². The van der Waals surface area contributed by atoms with E-state index in [1.165, 1.54) is 0 Å². The minimum absolute atomic E-state index is 0.276. The van der Waals surface area contributed by atoms with Crippen molar-refractivity contribution in [3.63, 3.8) is 0 Å². The Bertz CT molecular complexity index is 663. The van der Waals surface area contributed by atoms with Crippen LogP contribution in [0, 0.1) is 0 Å². The standard InChI is InChI=1S/C14H15Br2NO3Si/c1-8-17-12(14(18)19-8)6-9-5-10(15)7-11(16)13(9)20-21(2,3)4/h5-7H,1-4H3/b12-6-. The molecule has 21 heavy (non-hydrogen) atoms. The van der Waals surface area contributed by atoms with Gasteiger partial charge in [-0.15, -0.1) is 0 Å². The second kappa shape index (κ2) is 6.06. The Balaban J connectivity index is 2.52. The van der Waals surface area contributed by atoms with Gasteiger partial charge in [-0.3, -0.25) is 0 Å². The number of nitrogens with zero attached hydrogens (tertiary/aromatic N) is 1. The van der Waals surface area contributed by atoms with Crippen molar-refractivity contribution < 1.29 is 14.0 Å². The molecule has 0 radical (unpaired) electrons. The van der Waals surface area contributed by atoms with E-state index in [0.717, 1.165) is 20.3 Å². The monoisotopic (exact) mass is 431 g/mol. The fraction of sp³-hybridized carbons (Fsp3) is 0.286. The van der Waals surface area contributed by atoms with Gasteiger partial charge in [0.05, 0.1) is 4.47 Å². The molecule has 1 aliphatic heterocycles. The average molecular weight is 433 g/mol. The first-order chi connectivity index (χ1) is 9.65. The molecule has 112 valence electrons. The van der Waals surface area contributed by atoms with E-state index in [1.54, 1.807) is 13.0 Å². The normalized spacial score (nSPS) is 17.0. The summed E-state index contributed by atoms with van der Waals surface area (Å²) in [5, 5.41) is 0. The predicted molar refractivity (Wildman–Crippen MR) is 93.0 cm³/mol. The molecule has 7 heteroatoms. The molecule has 0 fully saturated rings. The number of ether oxygens (including phenoxy) is 1. The minimum atomic E-state index is -1.79. The maximum atomic E-state index is 11.7. The largest absolute Gasteiger partial charge is 0.543 e. The predicted octanol–water partition coefficient (Wildman–Crippen LogP) is 4.74. The molecule has 0 spiro atoms. The van der Waals surface area contributed by atoms with Crippen LogP contribution in [0.1, 0.15) is 12.5 Å². The number of halogens is 2. The second-order valence-corrected chi connectivity index (χ2v) is 11.8. The van der Waals surface area contributed by atoms with Crippen LogP contribution in [-0.4, -0.2) is 20.2 Å². The van der Waals surface area contributed by atoms with Crippen molar-refractivity contribution >= 4 is 58.1 Å². The highest BCUT2D eigenvalue weighted by molar-refractivity contribution is 9.11. The number of esters is 1. The van der Waals surface area contributed by atoms with Crippen LogP contribution < -0.4 is 4.43 Å². The highest BCUT2D eigenvalue weighted by atomic mass is 79.9. The zero-order valence-corrected chi connectivity index (χ0v) is 16.3. The second-order valence-electron chi connectivity index (χ2n) is 5.57. The molecule has 1 aromatic rings. The molecular formula is C14H15Br2NO3Si. The van der Waals surface area contributed by atoms with Crippen molar-refractivity contribution in [1.29, 1.82) is 0 Å². The fourth-order valence-corrected chi connectivity index (χ4v) is 4.09. The summed E-state index contributed by atoms with van der Waals surface area (Å²) in [4.78, 5) is 15.8. The molecule has 1 aliphatic rings. The van der Waals surface area contributed by atoms with Crippen LogP contribution in [0.3, 0.4) is 0 Å². The molecular weight excluding hydrogens is 418 g/mol. The van der Waals surface area contributed by atoms with Crippen molar-refractivity contribution in [1.82, 2.24) is 0 Å². The van der Waals surface area contributed by atoms with Gasteiger partial charge in [-0.2, -0.15) is 0 Å². The molecule has 0 aromatic heterocycles. The summed E-state index contributed by atoms with van der Waals surface area (Å²) in [7, 11) is -1.79. The highest BCUT2D eigenvalue weighted by Crippen LogP contribution is 2.36. The van der Waals surface area contributed by atoms with Crippen LogP contribution >= 0.6 is 31.9 Å². The number of cyclic esters (lactones) is 1. The molecule has 0 N–H and O–H groups in total. The molecule has 0 saturated heterocycles. The maximum absolute atomic E-state index is 11.7. The fourth-order valence-electron chi connectivity index (χ4n) is 1.76. The van der Waals surface area contributed by atoms with Gasteiger partial charge in [0.15, 0.2) is 11.6 Å². The first-order valence-corrected chi connectivity index (χ1v) is 11.3. The lowest BCUT2D eigenvalue weighted by Crippen LogP contribution is -2.29. The van der Waals surface area contributed by atoms with E-state index >= 15 is 0 Å². The summed E-state index contributed by atoms with van der Waals surface area (Å²) < 4.78 is 12.8. The number of rotatable bonds is 3. The zero-order valence-electron chi connectivity index (χ0n) is 12.2. The van der Waals surface area contributed by atoms with Crippen LogP contribution in [0.15, 0.2) is 31.8 Å². The van der Waals surface area contributed by atoms with Crippen LogP contribution in [0.4, 0.5) is 0 Å². The summed E-state index contributed by atoms with van der Waals surface area (Å²) in [6.45, 7) is 7.95. The lowest BCUT2D eigenvalue weighted by atomic mass is 10.1.